The van der Waals surface area contributed by atoms with E-state index in [0.29, 0.717) is 19.5 Å². The van der Waals surface area contributed by atoms with Crippen LogP contribution in [0.25, 0.3) is 0 Å². The van der Waals surface area contributed by atoms with Crippen molar-refractivity contribution in [1.29, 1.82) is 0 Å². The third kappa shape index (κ3) is 7.48. The second-order valence-corrected chi connectivity index (χ2v) is 3.67. The van der Waals surface area contributed by atoms with Crippen molar-refractivity contribution in [3.05, 3.63) is 0 Å². The molecule has 0 fully saturated rings. The number of carboxylic acid groups (broad SMARTS) is 1. The van der Waals surface area contributed by atoms with E-state index in [9.17, 15) is 14.4 Å². The molecule has 3 amide bonds. The van der Waals surface area contributed by atoms with Crippen molar-refractivity contribution in [2.75, 3.05) is 26.2 Å². The first-order valence-corrected chi connectivity index (χ1v) is 6.02. The summed E-state index contributed by atoms with van der Waals surface area (Å²) in [4.78, 5) is 34.6. The van der Waals surface area contributed by atoms with Crippen LogP contribution in [0.15, 0.2) is 0 Å². The van der Waals surface area contributed by atoms with Gasteiger partial charge in [0.05, 0.1) is 6.54 Å². The van der Waals surface area contributed by atoms with Crippen LogP contribution in [0.5, 0.6) is 0 Å². The van der Waals surface area contributed by atoms with Crippen LogP contribution in [-0.4, -0.2) is 54.1 Å². The number of hydrogen-bond donors (Lipinski definition) is 3. The lowest BCUT2D eigenvalue weighted by Gasteiger charge is -2.18. The van der Waals surface area contributed by atoms with Crippen molar-refractivity contribution >= 4 is 17.9 Å². The van der Waals surface area contributed by atoms with Crippen LogP contribution in [0.4, 0.5) is 4.79 Å². The monoisotopic (exact) mass is 259 g/mol. The fourth-order valence-corrected chi connectivity index (χ4v) is 1.35. The molecule has 0 bridgehead atoms. The highest BCUT2D eigenvalue weighted by Crippen LogP contribution is 1.88. The molecule has 0 spiro atoms. The Morgan fingerprint density at radius 1 is 1.11 bits per heavy atom. The number of nitrogens with zero attached hydrogens (tertiary/aromatic N) is 1. The Morgan fingerprint density at radius 2 is 1.72 bits per heavy atom. The van der Waals surface area contributed by atoms with Crippen molar-refractivity contribution in [2.45, 2.75) is 26.7 Å². The summed E-state index contributed by atoms with van der Waals surface area (Å²) >= 11 is 0. The Morgan fingerprint density at radius 3 is 2.22 bits per heavy atom. The molecule has 0 aliphatic carbocycles. The first-order chi connectivity index (χ1) is 8.51. The average molecular weight is 259 g/mol. The molecule has 0 unspecified atom stereocenters. The number of carbonyl (C=O) groups excluding carboxylic acids is 2. The molecule has 18 heavy (non-hydrogen) atoms. The van der Waals surface area contributed by atoms with Gasteiger partial charge in [0, 0.05) is 26.1 Å². The average Bonchev–Trinajstić information content (AvgIpc) is 2.33. The zero-order chi connectivity index (χ0) is 14.0. The van der Waals surface area contributed by atoms with Crippen LogP contribution < -0.4 is 10.6 Å². The Hall–Kier alpha value is -1.79. The lowest BCUT2D eigenvalue weighted by atomic mass is 10.3. The van der Waals surface area contributed by atoms with Crippen molar-refractivity contribution in [1.82, 2.24) is 15.5 Å². The van der Waals surface area contributed by atoms with E-state index in [2.05, 4.69) is 10.6 Å². The number of urea groups is 1. The molecular weight excluding hydrogens is 238 g/mol. The van der Waals surface area contributed by atoms with Gasteiger partial charge < -0.3 is 20.6 Å². The standard InChI is InChI=1S/C11H21N3O4/c1-3-14(4-2)9(15)8-13-11(18)12-7-5-6-10(16)17/h3-8H2,1-2H3,(H,16,17)(H2,12,13,18). The maximum Gasteiger partial charge on any atom is 0.315 e. The van der Waals surface area contributed by atoms with Gasteiger partial charge in [0.1, 0.15) is 0 Å². The number of carboxylic acids is 1. The van der Waals surface area contributed by atoms with Crippen molar-refractivity contribution < 1.29 is 19.5 Å². The van der Waals surface area contributed by atoms with E-state index < -0.39 is 12.0 Å². The molecule has 0 atom stereocenters. The van der Waals surface area contributed by atoms with Gasteiger partial charge in [-0.1, -0.05) is 0 Å². The number of likely N-dealkylation sites (N-methyl/N-ethyl adjacent to an activating group) is 1. The minimum Gasteiger partial charge on any atom is -0.481 e. The predicted octanol–water partition coefficient (Wildman–Crippen LogP) is 0.0188. The Balaban J connectivity index is 3.70. The lowest BCUT2D eigenvalue weighted by Crippen LogP contribution is -2.43. The van der Waals surface area contributed by atoms with Crippen LogP contribution in [0, 0.1) is 0 Å². The molecule has 0 aliphatic heterocycles. The smallest absolute Gasteiger partial charge is 0.315 e. The molecule has 7 heteroatoms. The molecule has 0 radical (unpaired) electrons. The summed E-state index contributed by atoms with van der Waals surface area (Å²) in [6, 6.07) is -0.458. The van der Waals surface area contributed by atoms with Gasteiger partial charge in [0.2, 0.25) is 5.91 Å². The minimum absolute atomic E-state index is 0.0126. The number of carbonyl (C=O) groups is 3. The van der Waals surface area contributed by atoms with Gasteiger partial charge in [0.15, 0.2) is 0 Å². The third-order valence-electron chi connectivity index (χ3n) is 2.37. The number of amides is 3. The zero-order valence-electron chi connectivity index (χ0n) is 10.9. The highest BCUT2D eigenvalue weighted by molar-refractivity contribution is 5.83. The maximum absolute atomic E-state index is 11.5. The van der Waals surface area contributed by atoms with Gasteiger partial charge in [-0.3, -0.25) is 9.59 Å². The molecule has 0 saturated heterocycles. The Labute approximate surface area is 107 Å². The van der Waals surface area contributed by atoms with Crippen molar-refractivity contribution in [3.63, 3.8) is 0 Å². The zero-order valence-corrected chi connectivity index (χ0v) is 10.9. The predicted molar refractivity (Wildman–Crippen MR) is 66.2 cm³/mol. The molecule has 0 rings (SSSR count). The SMILES string of the molecule is CCN(CC)C(=O)CNC(=O)NCCCC(=O)O. The normalized spacial score (nSPS) is 9.67. The summed E-state index contributed by atoms with van der Waals surface area (Å²) in [5, 5.41) is 13.3. The lowest BCUT2D eigenvalue weighted by molar-refractivity contribution is -0.137. The quantitative estimate of drug-likeness (QED) is 0.535. The minimum atomic E-state index is -0.895. The summed E-state index contributed by atoms with van der Waals surface area (Å²) in [6.45, 7) is 5.18. The first-order valence-electron chi connectivity index (χ1n) is 6.02. The molecule has 0 saturated carbocycles. The summed E-state index contributed by atoms with van der Waals surface area (Å²) in [5.74, 6) is -1.03. The maximum atomic E-state index is 11.5. The number of hydrogen-bond acceptors (Lipinski definition) is 3. The highest BCUT2D eigenvalue weighted by Gasteiger charge is 2.10. The summed E-state index contributed by atoms with van der Waals surface area (Å²) in [6.07, 6.45) is 0.380. The molecule has 0 aromatic carbocycles. The fraction of sp³-hybridized carbons (Fsp3) is 0.727. The van der Waals surface area contributed by atoms with E-state index in [-0.39, 0.29) is 25.4 Å². The number of rotatable bonds is 8. The molecule has 3 N–H and O–H groups in total. The Kier molecular flexibility index (Phi) is 8.34. The first kappa shape index (κ1) is 16.2. The van der Waals surface area contributed by atoms with E-state index >= 15 is 0 Å². The molecule has 104 valence electrons. The van der Waals surface area contributed by atoms with Crippen LogP contribution in [0.2, 0.25) is 0 Å². The van der Waals surface area contributed by atoms with E-state index in [1.807, 2.05) is 13.8 Å². The number of nitrogens with one attached hydrogen (secondary N) is 2. The number of aliphatic carboxylic acids is 1. The van der Waals surface area contributed by atoms with Gasteiger partial charge in [0.25, 0.3) is 0 Å². The fourth-order valence-electron chi connectivity index (χ4n) is 1.35. The van der Waals surface area contributed by atoms with Crippen LogP contribution in [0.3, 0.4) is 0 Å². The molecule has 0 heterocycles. The highest BCUT2D eigenvalue weighted by atomic mass is 16.4. The second kappa shape index (κ2) is 9.26. The molecule has 0 aromatic rings. The van der Waals surface area contributed by atoms with Crippen molar-refractivity contribution in [3.8, 4) is 0 Å². The topological polar surface area (TPSA) is 98.7 Å². The molecule has 7 nitrogen and oxygen atoms in total. The summed E-state index contributed by atoms with van der Waals surface area (Å²) < 4.78 is 0. The van der Waals surface area contributed by atoms with Crippen LogP contribution in [0.1, 0.15) is 26.7 Å². The van der Waals surface area contributed by atoms with Crippen molar-refractivity contribution in [2.24, 2.45) is 0 Å². The van der Waals surface area contributed by atoms with E-state index in [4.69, 9.17) is 5.11 Å². The van der Waals surface area contributed by atoms with E-state index in [1.54, 1.807) is 4.90 Å². The largest absolute Gasteiger partial charge is 0.481 e. The molecular formula is C11H21N3O4. The summed E-state index contributed by atoms with van der Waals surface area (Å²) in [7, 11) is 0. The van der Waals surface area contributed by atoms with Crippen LogP contribution >= 0.6 is 0 Å². The molecule has 0 aliphatic rings. The van der Waals surface area contributed by atoms with E-state index in [1.165, 1.54) is 0 Å². The van der Waals surface area contributed by atoms with Gasteiger partial charge >= 0.3 is 12.0 Å². The van der Waals surface area contributed by atoms with Gasteiger partial charge in [-0.2, -0.15) is 0 Å². The van der Waals surface area contributed by atoms with E-state index in [0.717, 1.165) is 0 Å². The van der Waals surface area contributed by atoms with Gasteiger partial charge in [-0.05, 0) is 20.3 Å². The summed E-state index contributed by atoms with van der Waals surface area (Å²) in [5.41, 5.74) is 0. The van der Waals surface area contributed by atoms with Crippen LogP contribution in [-0.2, 0) is 9.59 Å². The Bertz CT molecular complexity index is 290. The molecule has 0 aromatic heterocycles. The second-order valence-electron chi connectivity index (χ2n) is 3.67. The third-order valence-corrected chi connectivity index (χ3v) is 2.37. The van der Waals surface area contributed by atoms with Gasteiger partial charge in [-0.25, -0.2) is 4.79 Å². The van der Waals surface area contributed by atoms with Gasteiger partial charge in [-0.15, -0.1) is 0 Å².